The monoisotopic (exact) mass is 373 g/mol. The van der Waals surface area contributed by atoms with Gasteiger partial charge in [0, 0.05) is 37.3 Å². The highest BCUT2D eigenvalue weighted by atomic mass is 16.5. The van der Waals surface area contributed by atoms with Crippen LogP contribution in [0.1, 0.15) is 47.5 Å². The van der Waals surface area contributed by atoms with Crippen molar-refractivity contribution < 1.29 is 19.1 Å². The van der Waals surface area contributed by atoms with Crippen molar-refractivity contribution in [2.24, 2.45) is 22.4 Å². The van der Waals surface area contributed by atoms with Crippen molar-refractivity contribution in [2.75, 3.05) is 26.3 Å². The van der Waals surface area contributed by atoms with Crippen LogP contribution in [0.2, 0.25) is 0 Å². The van der Waals surface area contributed by atoms with Crippen LogP contribution in [0.15, 0.2) is 0 Å². The van der Waals surface area contributed by atoms with Gasteiger partial charge < -0.3 is 21.1 Å². The minimum atomic E-state index is -0.798. The molecular weight excluding hydrogens is 338 g/mol. The highest BCUT2D eigenvalue weighted by Gasteiger charge is 2.23. The molecule has 0 heterocycles. The molecule has 3 amide bonds. The molecule has 0 saturated carbocycles. The van der Waals surface area contributed by atoms with Crippen molar-refractivity contribution in [1.29, 1.82) is 0 Å². The van der Waals surface area contributed by atoms with Gasteiger partial charge in [0.05, 0.1) is 19.3 Å². The third-order valence-corrected chi connectivity index (χ3v) is 3.73. The highest BCUT2D eigenvalue weighted by molar-refractivity contribution is 5.82. The molecule has 1 atom stereocenters. The van der Waals surface area contributed by atoms with Gasteiger partial charge in [0.1, 0.15) is 0 Å². The summed E-state index contributed by atoms with van der Waals surface area (Å²) in [5.41, 5.74) is 7.12. The second-order valence-corrected chi connectivity index (χ2v) is 8.16. The van der Waals surface area contributed by atoms with E-state index in [0.29, 0.717) is 26.3 Å². The van der Waals surface area contributed by atoms with E-state index in [1.807, 2.05) is 33.1 Å². The molecule has 0 aromatic carbocycles. The molecule has 9 nitrogen and oxygen atoms in total. The van der Waals surface area contributed by atoms with E-state index in [-0.39, 0.29) is 35.5 Å². The number of hydrazine groups is 1. The average Bonchev–Trinajstić information content (AvgIpc) is 2.55. The Kier molecular flexibility index (Phi) is 10.4. The number of ether oxygens (including phenoxy) is 1. The summed E-state index contributed by atoms with van der Waals surface area (Å²) in [6, 6.07) is -0.798. The molecule has 1 unspecified atom stereocenters. The molecule has 9 heteroatoms. The summed E-state index contributed by atoms with van der Waals surface area (Å²) in [6.45, 7) is 11.4. The third-order valence-electron chi connectivity index (χ3n) is 3.73. The van der Waals surface area contributed by atoms with Crippen molar-refractivity contribution in [2.45, 2.75) is 53.5 Å². The van der Waals surface area contributed by atoms with Gasteiger partial charge in [0.2, 0.25) is 11.8 Å². The lowest BCUT2D eigenvalue weighted by atomic mass is 9.93. The summed E-state index contributed by atoms with van der Waals surface area (Å²) in [4.78, 5) is 34.1. The van der Waals surface area contributed by atoms with Gasteiger partial charge in [-0.2, -0.15) is 0 Å². The molecule has 0 saturated heterocycles. The van der Waals surface area contributed by atoms with Gasteiger partial charge in [-0.15, -0.1) is 0 Å². The van der Waals surface area contributed by atoms with Crippen molar-refractivity contribution in [3.8, 4) is 0 Å². The Labute approximate surface area is 155 Å². The smallest absolute Gasteiger partial charge is 0.250 e. The lowest BCUT2D eigenvalue weighted by Crippen LogP contribution is -2.44. The van der Waals surface area contributed by atoms with E-state index in [1.165, 1.54) is 6.92 Å². The quantitative estimate of drug-likeness (QED) is 0.175. The summed E-state index contributed by atoms with van der Waals surface area (Å²) in [6.07, 6.45) is 0.373. The van der Waals surface area contributed by atoms with E-state index >= 15 is 0 Å². The maximum Gasteiger partial charge on any atom is 0.250 e. The van der Waals surface area contributed by atoms with Gasteiger partial charge in [-0.25, -0.2) is 5.84 Å². The number of hydrogen-bond donors (Lipinski definition) is 5. The highest BCUT2D eigenvalue weighted by Crippen LogP contribution is 2.19. The SMILES string of the molecule is CC(=O)NCC(C)(C)COCC(C)(C)CNC(=O)CCC(N)C(=O)NN. The molecule has 0 spiro atoms. The fourth-order valence-electron chi connectivity index (χ4n) is 2.02. The molecule has 0 bridgehead atoms. The molecule has 0 aliphatic heterocycles. The van der Waals surface area contributed by atoms with Crippen molar-refractivity contribution in [3.05, 3.63) is 0 Å². The average molecular weight is 373 g/mol. The first-order chi connectivity index (χ1) is 11.9. The van der Waals surface area contributed by atoms with Crippen LogP contribution in [-0.4, -0.2) is 50.1 Å². The Hall–Kier alpha value is -1.71. The molecule has 0 radical (unpaired) electrons. The first-order valence-electron chi connectivity index (χ1n) is 8.73. The first-order valence-corrected chi connectivity index (χ1v) is 8.73. The molecule has 0 aromatic heterocycles. The number of nitrogens with one attached hydrogen (secondary N) is 3. The van der Waals surface area contributed by atoms with Crippen LogP contribution >= 0.6 is 0 Å². The Morgan fingerprint density at radius 3 is 1.96 bits per heavy atom. The predicted molar refractivity (Wildman–Crippen MR) is 99.6 cm³/mol. The molecule has 0 rings (SSSR count). The van der Waals surface area contributed by atoms with Crippen LogP contribution < -0.4 is 27.6 Å². The number of amides is 3. The van der Waals surface area contributed by atoms with Gasteiger partial charge in [-0.1, -0.05) is 27.7 Å². The van der Waals surface area contributed by atoms with Gasteiger partial charge in [-0.3, -0.25) is 19.8 Å². The summed E-state index contributed by atoms with van der Waals surface area (Å²) >= 11 is 0. The van der Waals surface area contributed by atoms with E-state index in [9.17, 15) is 14.4 Å². The number of nitrogens with two attached hydrogens (primary N) is 2. The fourth-order valence-corrected chi connectivity index (χ4v) is 2.02. The van der Waals surface area contributed by atoms with Gasteiger partial charge in [-0.05, 0) is 6.42 Å². The second kappa shape index (κ2) is 11.1. The summed E-state index contributed by atoms with van der Waals surface area (Å²) in [7, 11) is 0. The predicted octanol–water partition coefficient (Wildman–Crippen LogP) is -0.595. The Morgan fingerprint density at radius 2 is 1.50 bits per heavy atom. The van der Waals surface area contributed by atoms with E-state index in [4.69, 9.17) is 16.3 Å². The minimum absolute atomic E-state index is 0.0650. The Bertz CT molecular complexity index is 480. The minimum Gasteiger partial charge on any atom is -0.380 e. The zero-order valence-corrected chi connectivity index (χ0v) is 16.6. The Morgan fingerprint density at radius 1 is 1.00 bits per heavy atom. The van der Waals surface area contributed by atoms with E-state index in [0.717, 1.165) is 0 Å². The number of rotatable bonds is 12. The van der Waals surface area contributed by atoms with Crippen LogP contribution in [0, 0.1) is 10.8 Å². The fraction of sp³-hybridized carbons (Fsp3) is 0.824. The molecular formula is C17H35N5O4. The van der Waals surface area contributed by atoms with Crippen LogP contribution in [0.25, 0.3) is 0 Å². The van der Waals surface area contributed by atoms with Gasteiger partial charge >= 0.3 is 0 Å². The van der Waals surface area contributed by atoms with Crippen LogP contribution in [0.5, 0.6) is 0 Å². The van der Waals surface area contributed by atoms with Crippen molar-refractivity contribution >= 4 is 17.7 Å². The number of carbonyl (C=O) groups is 3. The topological polar surface area (TPSA) is 149 Å². The number of carbonyl (C=O) groups excluding carboxylic acids is 3. The normalized spacial score (nSPS) is 13.0. The van der Waals surface area contributed by atoms with Gasteiger partial charge in [0.15, 0.2) is 0 Å². The van der Waals surface area contributed by atoms with E-state index in [2.05, 4.69) is 10.6 Å². The maximum atomic E-state index is 11.9. The van der Waals surface area contributed by atoms with Crippen LogP contribution in [-0.2, 0) is 19.1 Å². The second-order valence-electron chi connectivity index (χ2n) is 8.16. The van der Waals surface area contributed by atoms with Crippen LogP contribution in [0.3, 0.4) is 0 Å². The molecule has 0 aromatic rings. The van der Waals surface area contributed by atoms with Crippen molar-refractivity contribution in [1.82, 2.24) is 16.1 Å². The first kappa shape index (κ1) is 24.3. The maximum absolute atomic E-state index is 11.9. The molecule has 0 aliphatic rings. The zero-order valence-electron chi connectivity index (χ0n) is 16.6. The Balaban J connectivity index is 4.11. The van der Waals surface area contributed by atoms with Crippen molar-refractivity contribution in [3.63, 3.8) is 0 Å². The summed E-state index contributed by atoms with van der Waals surface area (Å²) in [5.74, 6) is 4.26. The summed E-state index contributed by atoms with van der Waals surface area (Å²) < 4.78 is 5.78. The largest absolute Gasteiger partial charge is 0.380 e. The lowest BCUT2D eigenvalue weighted by molar-refractivity contribution is -0.124. The van der Waals surface area contributed by atoms with E-state index < -0.39 is 11.9 Å². The standard InChI is InChI=1S/C17H35N5O4/c1-12(23)20-8-16(2,3)10-26-11-17(4,5)9-21-14(24)7-6-13(18)15(25)22-19/h13H,6-11,18-19H2,1-5H3,(H,20,23)(H,21,24)(H,22,25). The molecule has 152 valence electrons. The molecule has 0 fully saturated rings. The van der Waals surface area contributed by atoms with Crippen LogP contribution in [0.4, 0.5) is 0 Å². The zero-order chi connectivity index (χ0) is 20.4. The lowest BCUT2D eigenvalue weighted by Gasteiger charge is -2.29. The summed E-state index contributed by atoms with van der Waals surface area (Å²) in [5, 5.41) is 5.61. The van der Waals surface area contributed by atoms with E-state index in [1.54, 1.807) is 0 Å². The number of hydrogen-bond acceptors (Lipinski definition) is 6. The third kappa shape index (κ3) is 11.8. The molecule has 7 N–H and O–H groups in total. The molecule has 26 heavy (non-hydrogen) atoms. The molecule has 0 aliphatic carbocycles. The van der Waals surface area contributed by atoms with Gasteiger partial charge in [0.25, 0.3) is 5.91 Å².